The number of rotatable bonds is 3. The van der Waals surface area contributed by atoms with Crippen molar-refractivity contribution in [1.29, 1.82) is 0 Å². The molecule has 2 saturated carbocycles. The van der Waals surface area contributed by atoms with Crippen molar-refractivity contribution in [3.63, 3.8) is 0 Å². The van der Waals surface area contributed by atoms with Crippen molar-refractivity contribution in [2.24, 2.45) is 23.0 Å². The van der Waals surface area contributed by atoms with Crippen molar-refractivity contribution >= 4 is 0 Å². The van der Waals surface area contributed by atoms with E-state index in [4.69, 9.17) is 10.5 Å². The predicted octanol–water partition coefficient (Wildman–Crippen LogP) is 2.46. The second kappa shape index (κ2) is 4.44. The number of ether oxygens (including phenoxy) is 1. The maximum absolute atomic E-state index is 11.5. The van der Waals surface area contributed by atoms with Crippen LogP contribution in [0.15, 0.2) is 0 Å². The van der Waals surface area contributed by atoms with Crippen LogP contribution in [0.2, 0.25) is 0 Å². The van der Waals surface area contributed by atoms with Gasteiger partial charge in [-0.1, -0.05) is 13.3 Å². The van der Waals surface area contributed by atoms with Crippen LogP contribution in [0, 0.1) is 17.3 Å². The Balaban J connectivity index is 1.90. The Bertz CT molecular complexity index is 361. The molecule has 3 rings (SSSR count). The highest BCUT2D eigenvalue weighted by Crippen LogP contribution is 2.63. The Morgan fingerprint density at radius 1 is 1.37 bits per heavy atom. The average Bonchev–Trinajstić information content (AvgIpc) is 2.99. The van der Waals surface area contributed by atoms with Gasteiger partial charge < -0.3 is 15.6 Å². The number of fused-ring (bicyclic) bond motifs is 2. The monoisotopic (exact) mass is 267 g/mol. The third kappa shape index (κ3) is 1.89. The molecule has 19 heavy (non-hydrogen) atoms. The topological polar surface area (TPSA) is 55.5 Å². The molecule has 1 heterocycles. The van der Waals surface area contributed by atoms with Crippen LogP contribution in [0.3, 0.4) is 0 Å². The SMILES string of the molecule is CCC1(C)CC(O)(C2(CN)CC3CCC2C3)CCO1. The molecule has 1 saturated heterocycles. The maximum atomic E-state index is 11.5. The molecular weight excluding hydrogens is 238 g/mol. The summed E-state index contributed by atoms with van der Waals surface area (Å²) in [6.45, 7) is 5.63. The van der Waals surface area contributed by atoms with Crippen LogP contribution in [0.1, 0.15) is 58.8 Å². The normalized spacial score (nSPS) is 53.7. The molecular formula is C16H29NO2. The maximum Gasteiger partial charge on any atom is 0.0767 e. The first-order valence-corrected chi connectivity index (χ1v) is 8.03. The van der Waals surface area contributed by atoms with Crippen LogP contribution in [0.5, 0.6) is 0 Å². The van der Waals surface area contributed by atoms with Gasteiger partial charge in [0.25, 0.3) is 0 Å². The zero-order valence-electron chi connectivity index (χ0n) is 12.5. The largest absolute Gasteiger partial charge is 0.389 e. The van der Waals surface area contributed by atoms with Crippen molar-refractivity contribution in [1.82, 2.24) is 0 Å². The minimum atomic E-state index is -0.607. The van der Waals surface area contributed by atoms with Crippen molar-refractivity contribution in [3.8, 4) is 0 Å². The summed E-state index contributed by atoms with van der Waals surface area (Å²) >= 11 is 0. The summed E-state index contributed by atoms with van der Waals surface area (Å²) in [6.07, 6.45) is 7.55. The van der Waals surface area contributed by atoms with Gasteiger partial charge in [-0.25, -0.2) is 0 Å². The van der Waals surface area contributed by atoms with Crippen molar-refractivity contribution in [2.45, 2.75) is 70.0 Å². The molecule has 0 aromatic heterocycles. The number of aliphatic hydroxyl groups is 1. The fourth-order valence-corrected chi connectivity index (χ4v) is 5.33. The lowest BCUT2D eigenvalue weighted by Crippen LogP contribution is -2.61. The predicted molar refractivity (Wildman–Crippen MR) is 75.8 cm³/mol. The van der Waals surface area contributed by atoms with Gasteiger partial charge in [0.2, 0.25) is 0 Å². The first-order chi connectivity index (χ1) is 8.97. The van der Waals surface area contributed by atoms with Crippen molar-refractivity contribution in [3.05, 3.63) is 0 Å². The molecule has 110 valence electrons. The second-order valence-corrected chi connectivity index (χ2v) is 7.55. The highest BCUT2D eigenvalue weighted by molar-refractivity contribution is 5.13. The lowest BCUT2D eigenvalue weighted by atomic mass is 9.57. The Hall–Kier alpha value is -0.120. The van der Waals surface area contributed by atoms with Gasteiger partial charge in [0.1, 0.15) is 0 Å². The average molecular weight is 267 g/mol. The van der Waals surface area contributed by atoms with Gasteiger partial charge in [-0.2, -0.15) is 0 Å². The highest BCUT2D eigenvalue weighted by atomic mass is 16.5. The molecule has 5 atom stereocenters. The van der Waals surface area contributed by atoms with Gasteiger partial charge in [-0.15, -0.1) is 0 Å². The third-order valence-electron chi connectivity index (χ3n) is 6.65. The van der Waals surface area contributed by atoms with E-state index >= 15 is 0 Å². The first-order valence-electron chi connectivity index (χ1n) is 8.03. The van der Waals surface area contributed by atoms with E-state index in [9.17, 15) is 5.11 Å². The van der Waals surface area contributed by atoms with Crippen LogP contribution in [0.4, 0.5) is 0 Å². The van der Waals surface area contributed by atoms with Crippen LogP contribution in [-0.4, -0.2) is 29.5 Å². The lowest BCUT2D eigenvalue weighted by molar-refractivity contribution is -0.211. The minimum Gasteiger partial charge on any atom is -0.389 e. The highest BCUT2D eigenvalue weighted by Gasteiger charge is 2.62. The second-order valence-electron chi connectivity index (χ2n) is 7.55. The van der Waals surface area contributed by atoms with Gasteiger partial charge in [-0.05, 0) is 44.4 Å². The molecule has 0 aromatic carbocycles. The van der Waals surface area contributed by atoms with Crippen molar-refractivity contribution < 1.29 is 9.84 Å². The van der Waals surface area contributed by atoms with Gasteiger partial charge >= 0.3 is 0 Å². The van der Waals surface area contributed by atoms with Crippen LogP contribution in [-0.2, 0) is 4.74 Å². The molecule has 1 aliphatic heterocycles. The summed E-state index contributed by atoms with van der Waals surface area (Å²) in [5, 5.41) is 11.5. The van der Waals surface area contributed by atoms with Crippen LogP contribution < -0.4 is 5.73 Å². The molecule has 3 N–H and O–H groups in total. The summed E-state index contributed by atoms with van der Waals surface area (Å²) < 4.78 is 5.94. The lowest BCUT2D eigenvalue weighted by Gasteiger charge is -2.55. The fraction of sp³-hybridized carbons (Fsp3) is 1.00. The number of nitrogens with two attached hydrogens (primary N) is 1. The third-order valence-corrected chi connectivity index (χ3v) is 6.65. The van der Waals surface area contributed by atoms with E-state index < -0.39 is 5.60 Å². The van der Waals surface area contributed by atoms with Crippen LogP contribution in [0.25, 0.3) is 0 Å². The molecule has 0 aromatic rings. The minimum absolute atomic E-state index is 0.0316. The standard InChI is InChI=1S/C16H29NO2/c1-3-14(2)10-16(18,6-7-19-14)15(11-17)9-12-4-5-13(15)8-12/h12-13,18H,3-11,17H2,1-2H3. The molecule has 0 spiro atoms. The van der Waals surface area contributed by atoms with Gasteiger partial charge in [0, 0.05) is 24.8 Å². The molecule has 3 fully saturated rings. The molecule has 3 nitrogen and oxygen atoms in total. The van der Waals surface area contributed by atoms with E-state index in [-0.39, 0.29) is 11.0 Å². The number of hydrogen-bond acceptors (Lipinski definition) is 3. The van der Waals surface area contributed by atoms with Gasteiger partial charge in [-0.3, -0.25) is 0 Å². The van der Waals surface area contributed by atoms with E-state index in [1.54, 1.807) is 0 Å². The summed E-state index contributed by atoms with van der Waals surface area (Å²) in [4.78, 5) is 0. The van der Waals surface area contributed by atoms with E-state index in [1.165, 1.54) is 19.3 Å². The summed E-state index contributed by atoms with van der Waals surface area (Å²) in [5.74, 6) is 1.46. The Morgan fingerprint density at radius 2 is 2.16 bits per heavy atom. The Morgan fingerprint density at radius 3 is 2.68 bits per heavy atom. The van der Waals surface area contributed by atoms with Gasteiger partial charge in [0.05, 0.1) is 17.8 Å². The van der Waals surface area contributed by atoms with E-state index in [1.807, 2.05) is 0 Å². The molecule has 3 aliphatic rings. The zero-order valence-corrected chi connectivity index (χ0v) is 12.5. The quantitative estimate of drug-likeness (QED) is 0.826. The summed E-state index contributed by atoms with van der Waals surface area (Å²) in [7, 11) is 0. The molecule has 5 unspecified atom stereocenters. The van der Waals surface area contributed by atoms with Crippen LogP contribution >= 0.6 is 0 Å². The molecule has 3 heteroatoms. The van der Waals surface area contributed by atoms with E-state index in [0.717, 1.165) is 31.6 Å². The van der Waals surface area contributed by atoms with Crippen molar-refractivity contribution in [2.75, 3.05) is 13.2 Å². The van der Waals surface area contributed by atoms with Gasteiger partial charge in [0.15, 0.2) is 0 Å². The summed E-state index contributed by atoms with van der Waals surface area (Å²) in [5.41, 5.74) is 5.39. The smallest absolute Gasteiger partial charge is 0.0767 e. The molecule has 0 radical (unpaired) electrons. The Kier molecular flexibility index (Phi) is 3.23. The summed E-state index contributed by atoms with van der Waals surface area (Å²) in [6, 6.07) is 0. The first kappa shape index (κ1) is 13.8. The zero-order chi connectivity index (χ0) is 13.7. The molecule has 0 amide bonds. The Labute approximate surface area is 116 Å². The van der Waals surface area contributed by atoms with E-state index in [2.05, 4.69) is 13.8 Å². The fourth-order valence-electron chi connectivity index (χ4n) is 5.33. The molecule has 2 aliphatic carbocycles. The number of hydrogen-bond donors (Lipinski definition) is 2. The molecule has 2 bridgehead atoms. The van der Waals surface area contributed by atoms with E-state index in [0.29, 0.717) is 19.1 Å².